The SMILES string of the molecule is COC(=O)CCc1ccc(OC2CCCC2)c(-c2ccc3nn(C)cc3c2)c1. The van der Waals surface area contributed by atoms with Crippen molar-refractivity contribution in [1.82, 2.24) is 9.78 Å². The number of hydrogen-bond acceptors (Lipinski definition) is 4. The molecule has 0 bridgehead atoms. The van der Waals surface area contributed by atoms with Gasteiger partial charge in [0.15, 0.2) is 0 Å². The fourth-order valence-electron chi connectivity index (χ4n) is 3.91. The van der Waals surface area contributed by atoms with Crippen molar-refractivity contribution in [3.05, 3.63) is 48.2 Å². The second-order valence-corrected chi connectivity index (χ2v) is 7.51. The van der Waals surface area contributed by atoms with Crippen molar-refractivity contribution in [2.75, 3.05) is 7.11 Å². The average molecular weight is 378 g/mol. The van der Waals surface area contributed by atoms with Gasteiger partial charge in [0.1, 0.15) is 5.75 Å². The molecule has 0 N–H and O–H groups in total. The van der Waals surface area contributed by atoms with Gasteiger partial charge in [0.2, 0.25) is 0 Å². The first-order valence-electron chi connectivity index (χ1n) is 9.92. The number of rotatable bonds is 6. The molecule has 28 heavy (non-hydrogen) atoms. The number of carbonyl (C=O) groups is 1. The highest BCUT2D eigenvalue weighted by Gasteiger charge is 2.19. The molecule has 3 aromatic rings. The monoisotopic (exact) mass is 378 g/mol. The lowest BCUT2D eigenvalue weighted by Crippen LogP contribution is -2.11. The molecule has 0 unspecified atom stereocenters. The molecule has 1 heterocycles. The molecule has 5 nitrogen and oxygen atoms in total. The minimum Gasteiger partial charge on any atom is -0.490 e. The van der Waals surface area contributed by atoms with Crippen LogP contribution in [0.3, 0.4) is 0 Å². The van der Waals surface area contributed by atoms with Crippen molar-refractivity contribution >= 4 is 16.9 Å². The standard InChI is InChI=1S/C23H26N2O3/c1-25-15-18-14-17(9-10-21(18)24-25)20-13-16(8-12-23(26)27-2)7-11-22(20)28-19-5-3-4-6-19/h7,9-11,13-15,19H,3-6,8,12H2,1-2H3. The Kier molecular flexibility index (Phi) is 5.33. The zero-order valence-electron chi connectivity index (χ0n) is 16.5. The molecule has 1 aliphatic rings. The van der Waals surface area contributed by atoms with E-state index in [1.165, 1.54) is 20.0 Å². The largest absolute Gasteiger partial charge is 0.490 e. The van der Waals surface area contributed by atoms with Crippen molar-refractivity contribution in [2.45, 2.75) is 44.6 Å². The number of benzene rings is 2. The Labute approximate surface area is 165 Å². The zero-order valence-corrected chi connectivity index (χ0v) is 16.5. The summed E-state index contributed by atoms with van der Waals surface area (Å²) in [7, 11) is 3.36. The first-order chi connectivity index (χ1) is 13.6. The molecule has 5 heteroatoms. The summed E-state index contributed by atoms with van der Waals surface area (Å²) in [6.07, 6.45) is 8.05. The normalized spacial score (nSPS) is 14.5. The van der Waals surface area contributed by atoms with Crippen LogP contribution in [0.1, 0.15) is 37.7 Å². The molecule has 0 radical (unpaired) electrons. The summed E-state index contributed by atoms with van der Waals surface area (Å²) in [5.74, 6) is 0.724. The molecule has 4 rings (SSSR count). The Hall–Kier alpha value is -2.82. The van der Waals surface area contributed by atoms with Crippen LogP contribution in [-0.4, -0.2) is 29.0 Å². The van der Waals surface area contributed by atoms with Crippen LogP contribution in [0.5, 0.6) is 5.75 Å². The lowest BCUT2D eigenvalue weighted by atomic mass is 9.98. The number of nitrogens with zero attached hydrogens (tertiary/aromatic N) is 2. The molecular weight excluding hydrogens is 352 g/mol. The van der Waals surface area contributed by atoms with Crippen LogP contribution in [0.25, 0.3) is 22.0 Å². The summed E-state index contributed by atoms with van der Waals surface area (Å²) in [4.78, 5) is 11.5. The molecule has 1 saturated carbocycles. The van der Waals surface area contributed by atoms with Gasteiger partial charge in [-0.25, -0.2) is 0 Å². The average Bonchev–Trinajstić information content (AvgIpc) is 3.34. The second-order valence-electron chi connectivity index (χ2n) is 7.51. The minimum atomic E-state index is -0.190. The van der Waals surface area contributed by atoms with Crippen LogP contribution in [0.4, 0.5) is 0 Å². The van der Waals surface area contributed by atoms with Gasteiger partial charge in [-0.05, 0) is 67.5 Å². The summed E-state index contributed by atoms with van der Waals surface area (Å²) >= 11 is 0. The van der Waals surface area contributed by atoms with Crippen molar-refractivity contribution in [3.63, 3.8) is 0 Å². The van der Waals surface area contributed by atoms with E-state index in [-0.39, 0.29) is 5.97 Å². The van der Waals surface area contributed by atoms with Crippen LogP contribution in [-0.2, 0) is 23.0 Å². The maximum Gasteiger partial charge on any atom is 0.305 e. The van der Waals surface area contributed by atoms with E-state index in [1.54, 1.807) is 0 Å². The van der Waals surface area contributed by atoms with E-state index in [9.17, 15) is 4.79 Å². The van der Waals surface area contributed by atoms with Gasteiger partial charge >= 0.3 is 5.97 Å². The van der Waals surface area contributed by atoms with Gasteiger partial charge in [0, 0.05) is 30.6 Å². The van der Waals surface area contributed by atoms with Crippen LogP contribution >= 0.6 is 0 Å². The second kappa shape index (κ2) is 8.05. The molecular formula is C23H26N2O3. The van der Waals surface area contributed by atoms with E-state index in [0.29, 0.717) is 18.9 Å². The number of aryl methyl sites for hydroxylation is 2. The van der Waals surface area contributed by atoms with E-state index >= 15 is 0 Å². The zero-order chi connectivity index (χ0) is 19.5. The Morgan fingerprint density at radius 2 is 2.00 bits per heavy atom. The number of esters is 1. The fourth-order valence-corrected chi connectivity index (χ4v) is 3.91. The van der Waals surface area contributed by atoms with Gasteiger partial charge in [-0.1, -0.05) is 12.1 Å². The molecule has 1 aromatic heterocycles. The molecule has 0 saturated heterocycles. The minimum absolute atomic E-state index is 0.190. The third kappa shape index (κ3) is 4.03. The molecule has 2 aromatic carbocycles. The molecule has 0 aliphatic heterocycles. The van der Waals surface area contributed by atoms with Gasteiger partial charge in [0.25, 0.3) is 0 Å². The van der Waals surface area contributed by atoms with Crippen LogP contribution < -0.4 is 4.74 Å². The Balaban J connectivity index is 1.69. The topological polar surface area (TPSA) is 53.4 Å². The van der Waals surface area contributed by atoms with Gasteiger partial charge in [-0.15, -0.1) is 0 Å². The van der Waals surface area contributed by atoms with Crippen LogP contribution in [0.15, 0.2) is 42.6 Å². The Bertz CT molecular complexity index is 987. The quantitative estimate of drug-likeness (QED) is 0.585. The molecule has 146 valence electrons. The lowest BCUT2D eigenvalue weighted by molar-refractivity contribution is -0.140. The van der Waals surface area contributed by atoms with Gasteiger partial charge in [-0.2, -0.15) is 5.10 Å². The molecule has 0 spiro atoms. The number of hydrogen-bond donors (Lipinski definition) is 0. The number of methoxy groups -OCH3 is 1. The Morgan fingerprint density at radius 1 is 1.18 bits per heavy atom. The maximum absolute atomic E-state index is 11.5. The molecule has 1 fully saturated rings. The number of aromatic nitrogens is 2. The summed E-state index contributed by atoms with van der Waals surface area (Å²) in [6.45, 7) is 0. The van der Waals surface area contributed by atoms with Crippen LogP contribution in [0, 0.1) is 0 Å². The summed E-state index contributed by atoms with van der Waals surface area (Å²) in [5, 5.41) is 5.57. The van der Waals surface area contributed by atoms with E-state index in [4.69, 9.17) is 9.47 Å². The summed E-state index contributed by atoms with van der Waals surface area (Å²) in [6, 6.07) is 12.5. The predicted molar refractivity (Wildman–Crippen MR) is 109 cm³/mol. The van der Waals surface area contributed by atoms with Crippen molar-refractivity contribution in [3.8, 4) is 16.9 Å². The summed E-state index contributed by atoms with van der Waals surface area (Å²) < 4.78 is 13.0. The van der Waals surface area contributed by atoms with Gasteiger partial charge in [-0.3, -0.25) is 9.48 Å². The summed E-state index contributed by atoms with van der Waals surface area (Å²) in [5.41, 5.74) is 4.25. The lowest BCUT2D eigenvalue weighted by Gasteiger charge is -2.18. The predicted octanol–water partition coefficient (Wildman–Crippen LogP) is 4.67. The first kappa shape index (κ1) is 18.5. The van der Waals surface area contributed by atoms with Crippen molar-refractivity contribution in [2.24, 2.45) is 7.05 Å². The van der Waals surface area contributed by atoms with E-state index in [1.807, 2.05) is 30.1 Å². The van der Waals surface area contributed by atoms with Crippen molar-refractivity contribution < 1.29 is 14.3 Å². The molecule has 1 aliphatic carbocycles. The van der Waals surface area contributed by atoms with E-state index in [2.05, 4.69) is 29.4 Å². The highest BCUT2D eigenvalue weighted by Crippen LogP contribution is 2.35. The third-order valence-corrected chi connectivity index (χ3v) is 5.42. The number of fused-ring (bicyclic) bond motifs is 1. The molecule has 0 amide bonds. The first-order valence-corrected chi connectivity index (χ1v) is 9.92. The highest BCUT2D eigenvalue weighted by molar-refractivity contribution is 5.85. The number of carbonyl (C=O) groups excluding carboxylic acids is 1. The van der Waals surface area contributed by atoms with Gasteiger partial charge in [0.05, 0.1) is 18.7 Å². The van der Waals surface area contributed by atoms with Gasteiger partial charge < -0.3 is 9.47 Å². The smallest absolute Gasteiger partial charge is 0.305 e. The molecule has 0 atom stereocenters. The van der Waals surface area contributed by atoms with Crippen LogP contribution in [0.2, 0.25) is 0 Å². The van der Waals surface area contributed by atoms with E-state index in [0.717, 1.165) is 46.2 Å². The highest BCUT2D eigenvalue weighted by atomic mass is 16.5. The van der Waals surface area contributed by atoms with E-state index < -0.39 is 0 Å². The van der Waals surface area contributed by atoms with Crippen molar-refractivity contribution in [1.29, 1.82) is 0 Å². The maximum atomic E-state index is 11.5. The Morgan fingerprint density at radius 3 is 2.79 bits per heavy atom. The fraction of sp³-hybridized carbons (Fsp3) is 0.391. The number of ether oxygens (including phenoxy) is 2. The third-order valence-electron chi connectivity index (χ3n) is 5.42.